The summed E-state index contributed by atoms with van der Waals surface area (Å²) >= 11 is 1.70. The molecule has 0 saturated carbocycles. The summed E-state index contributed by atoms with van der Waals surface area (Å²) in [5.41, 5.74) is -0.812. The van der Waals surface area contributed by atoms with Gasteiger partial charge in [-0.1, -0.05) is 13.8 Å². The third-order valence-electron chi connectivity index (χ3n) is 1.92. The third-order valence-corrected chi connectivity index (χ3v) is 3.61. The maximum Gasteiger partial charge on any atom is 0.324 e. The minimum absolute atomic E-state index is 0.186. The molecule has 0 bridgehead atoms. The van der Waals surface area contributed by atoms with E-state index in [1.54, 1.807) is 18.7 Å². The molecule has 0 rings (SSSR count). The Balaban J connectivity index is 4.20. The summed E-state index contributed by atoms with van der Waals surface area (Å²) in [6.45, 7) is 9.97. The second kappa shape index (κ2) is 6.38. The van der Waals surface area contributed by atoms with E-state index in [0.717, 1.165) is 5.75 Å². The first kappa shape index (κ1) is 14.8. The van der Waals surface area contributed by atoms with Crippen LogP contribution in [0.25, 0.3) is 0 Å². The van der Waals surface area contributed by atoms with Gasteiger partial charge in [-0.05, 0) is 32.4 Å². The minimum Gasteiger partial charge on any atom is -0.480 e. The largest absolute Gasteiger partial charge is 0.480 e. The topological polar surface area (TPSA) is 49.3 Å². The van der Waals surface area contributed by atoms with Gasteiger partial charge >= 0.3 is 5.97 Å². The zero-order chi connectivity index (χ0) is 12.1. The van der Waals surface area contributed by atoms with Crippen LogP contribution in [-0.4, -0.2) is 34.2 Å². The highest BCUT2D eigenvalue weighted by Gasteiger charge is 2.33. The standard InChI is InChI=1S/C11H23NO2S/c1-8(2)6-15-7-11(5,10(13)14)12-9(3)4/h8-9,12H,6-7H2,1-5H3,(H,13,14). The second-order valence-corrected chi connectivity index (χ2v) is 5.88. The Morgan fingerprint density at radius 1 is 1.40 bits per heavy atom. The highest BCUT2D eigenvalue weighted by atomic mass is 32.2. The van der Waals surface area contributed by atoms with E-state index in [-0.39, 0.29) is 6.04 Å². The van der Waals surface area contributed by atoms with Crippen LogP contribution in [0.15, 0.2) is 0 Å². The number of rotatable bonds is 7. The fourth-order valence-corrected chi connectivity index (χ4v) is 2.51. The lowest BCUT2D eigenvalue weighted by Gasteiger charge is -2.28. The smallest absolute Gasteiger partial charge is 0.324 e. The molecule has 0 aromatic rings. The van der Waals surface area contributed by atoms with Gasteiger partial charge in [0.2, 0.25) is 0 Å². The Labute approximate surface area is 97.0 Å². The molecule has 0 aromatic carbocycles. The maximum atomic E-state index is 11.2. The van der Waals surface area contributed by atoms with Crippen molar-refractivity contribution >= 4 is 17.7 Å². The summed E-state index contributed by atoms with van der Waals surface area (Å²) in [6, 6.07) is 0.186. The molecule has 2 N–H and O–H groups in total. The van der Waals surface area contributed by atoms with Crippen molar-refractivity contribution in [3.63, 3.8) is 0 Å². The SMILES string of the molecule is CC(C)CSCC(C)(NC(C)C)C(=O)O. The number of carboxylic acid groups (broad SMARTS) is 1. The fourth-order valence-electron chi connectivity index (χ4n) is 1.30. The highest BCUT2D eigenvalue weighted by Crippen LogP contribution is 2.17. The van der Waals surface area contributed by atoms with Gasteiger partial charge < -0.3 is 5.11 Å². The quantitative estimate of drug-likeness (QED) is 0.708. The van der Waals surface area contributed by atoms with Gasteiger partial charge in [0.15, 0.2) is 0 Å². The third kappa shape index (κ3) is 6.05. The highest BCUT2D eigenvalue weighted by molar-refractivity contribution is 7.99. The van der Waals surface area contributed by atoms with E-state index in [4.69, 9.17) is 0 Å². The molecule has 15 heavy (non-hydrogen) atoms. The Morgan fingerprint density at radius 3 is 2.27 bits per heavy atom. The molecule has 0 aliphatic carbocycles. The van der Waals surface area contributed by atoms with Crippen LogP contribution in [0.4, 0.5) is 0 Å². The van der Waals surface area contributed by atoms with Crippen molar-refractivity contribution in [2.24, 2.45) is 5.92 Å². The van der Waals surface area contributed by atoms with Crippen molar-refractivity contribution in [3.8, 4) is 0 Å². The fraction of sp³-hybridized carbons (Fsp3) is 0.909. The van der Waals surface area contributed by atoms with Crippen molar-refractivity contribution in [1.82, 2.24) is 5.32 Å². The molecule has 0 radical (unpaired) electrons. The Morgan fingerprint density at radius 2 is 1.93 bits per heavy atom. The first-order valence-corrected chi connectivity index (χ1v) is 6.52. The minimum atomic E-state index is -0.812. The van der Waals surface area contributed by atoms with E-state index >= 15 is 0 Å². The van der Waals surface area contributed by atoms with Gasteiger partial charge in [-0.2, -0.15) is 11.8 Å². The van der Waals surface area contributed by atoms with E-state index < -0.39 is 11.5 Å². The second-order valence-electron chi connectivity index (χ2n) is 4.85. The monoisotopic (exact) mass is 233 g/mol. The summed E-state index contributed by atoms with van der Waals surface area (Å²) < 4.78 is 0. The summed E-state index contributed by atoms with van der Waals surface area (Å²) in [4.78, 5) is 11.2. The molecule has 0 aromatic heterocycles. The normalized spacial score (nSPS) is 15.7. The molecule has 4 heteroatoms. The number of carboxylic acids is 1. The molecule has 0 heterocycles. The van der Waals surface area contributed by atoms with Gasteiger partial charge in [-0.15, -0.1) is 0 Å². The molecule has 3 nitrogen and oxygen atoms in total. The van der Waals surface area contributed by atoms with Crippen LogP contribution in [-0.2, 0) is 4.79 Å². The molecule has 1 atom stereocenters. The van der Waals surface area contributed by atoms with Crippen LogP contribution in [0, 0.1) is 5.92 Å². The molecule has 0 spiro atoms. The van der Waals surface area contributed by atoms with Crippen molar-refractivity contribution < 1.29 is 9.90 Å². The average Bonchev–Trinajstić information content (AvgIpc) is 2.01. The number of nitrogens with one attached hydrogen (secondary N) is 1. The van der Waals surface area contributed by atoms with Crippen LogP contribution in [0.1, 0.15) is 34.6 Å². The molecule has 0 saturated heterocycles. The van der Waals surface area contributed by atoms with Gasteiger partial charge in [0.25, 0.3) is 0 Å². The number of hydrogen-bond donors (Lipinski definition) is 2. The van der Waals surface area contributed by atoms with Crippen LogP contribution in [0.3, 0.4) is 0 Å². The summed E-state index contributed by atoms with van der Waals surface area (Å²) in [7, 11) is 0. The number of hydrogen-bond acceptors (Lipinski definition) is 3. The molecule has 0 amide bonds. The molecule has 90 valence electrons. The number of carbonyl (C=O) groups is 1. The van der Waals surface area contributed by atoms with Gasteiger partial charge in [0.05, 0.1) is 0 Å². The molecule has 0 aliphatic heterocycles. The molecule has 0 fully saturated rings. The van der Waals surface area contributed by atoms with Crippen molar-refractivity contribution in [3.05, 3.63) is 0 Å². The number of thioether (sulfide) groups is 1. The summed E-state index contributed by atoms with van der Waals surface area (Å²) in [5, 5.41) is 12.3. The summed E-state index contributed by atoms with van der Waals surface area (Å²) in [6.07, 6.45) is 0. The average molecular weight is 233 g/mol. The predicted octanol–water partition coefficient (Wildman–Crippen LogP) is 2.22. The number of aliphatic carboxylic acids is 1. The first-order valence-electron chi connectivity index (χ1n) is 5.36. The molecule has 0 aliphatic rings. The van der Waals surface area contributed by atoms with Crippen LogP contribution in [0.5, 0.6) is 0 Å². The maximum absolute atomic E-state index is 11.2. The summed E-state index contributed by atoms with van der Waals surface area (Å²) in [5.74, 6) is 1.45. The molecular weight excluding hydrogens is 210 g/mol. The van der Waals surface area contributed by atoms with Gasteiger partial charge in [0, 0.05) is 11.8 Å². The van der Waals surface area contributed by atoms with Crippen LogP contribution >= 0.6 is 11.8 Å². The lowest BCUT2D eigenvalue weighted by atomic mass is 10.1. The molecular formula is C11H23NO2S. The zero-order valence-corrected chi connectivity index (χ0v) is 11.1. The van der Waals surface area contributed by atoms with Crippen LogP contribution in [0.2, 0.25) is 0 Å². The Hall–Kier alpha value is -0.220. The van der Waals surface area contributed by atoms with E-state index in [1.807, 2.05) is 13.8 Å². The van der Waals surface area contributed by atoms with E-state index in [2.05, 4.69) is 19.2 Å². The van der Waals surface area contributed by atoms with Gasteiger partial charge in [-0.3, -0.25) is 10.1 Å². The van der Waals surface area contributed by atoms with Crippen LogP contribution < -0.4 is 5.32 Å². The van der Waals surface area contributed by atoms with Gasteiger partial charge in [0.1, 0.15) is 5.54 Å². The van der Waals surface area contributed by atoms with E-state index in [0.29, 0.717) is 11.7 Å². The van der Waals surface area contributed by atoms with Crippen molar-refractivity contribution in [2.75, 3.05) is 11.5 Å². The lowest BCUT2D eigenvalue weighted by Crippen LogP contribution is -2.54. The van der Waals surface area contributed by atoms with E-state index in [1.165, 1.54) is 0 Å². The zero-order valence-electron chi connectivity index (χ0n) is 10.3. The van der Waals surface area contributed by atoms with E-state index in [9.17, 15) is 9.90 Å². The Bertz CT molecular complexity index is 207. The van der Waals surface area contributed by atoms with Crippen molar-refractivity contribution in [1.29, 1.82) is 0 Å². The molecule has 1 unspecified atom stereocenters. The van der Waals surface area contributed by atoms with Crippen molar-refractivity contribution in [2.45, 2.75) is 46.2 Å². The first-order chi connectivity index (χ1) is 6.78. The van der Waals surface area contributed by atoms with Gasteiger partial charge in [-0.25, -0.2) is 0 Å². The lowest BCUT2D eigenvalue weighted by molar-refractivity contribution is -0.143. The Kier molecular flexibility index (Phi) is 6.29. The predicted molar refractivity (Wildman–Crippen MR) is 66.5 cm³/mol.